The van der Waals surface area contributed by atoms with Gasteiger partial charge >= 0.3 is 0 Å². The molecular formula is C24H22N4O3. The molecule has 3 aromatic rings. The van der Waals surface area contributed by atoms with Crippen molar-refractivity contribution in [3.05, 3.63) is 65.2 Å². The maximum atomic E-state index is 12.9. The number of aromatic nitrogens is 2. The van der Waals surface area contributed by atoms with Crippen LogP contribution in [0.1, 0.15) is 34.3 Å². The molecular weight excluding hydrogens is 392 g/mol. The number of fused-ring (bicyclic) bond motifs is 1. The molecule has 0 saturated carbocycles. The molecule has 0 bridgehead atoms. The maximum absolute atomic E-state index is 12.9. The molecule has 0 aliphatic carbocycles. The van der Waals surface area contributed by atoms with Gasteiger partial charge in [0.2, 0.25) is 11.8 Å². The zero-order chi connectivity index (χ0) is 21.7. The number of hydrogen-bond acceptors (Lipinski definition) is 4. The van der Waals surface area contributed by atoms with Crippen molar-refractivity contribution in [1.82, 2.24) is 20.0 Å². The van der Waals surface area contributed by atoms with Crippen LogP contribution in [0.15, 0.2) is 48.5 Å². The molecule has 31 heavy (non-hydrogen) atoms. The Morgan fingerprint density at radius 1 is 1.03 bits per heavy atom. The largest absolute Gasteiger partial charge is 0.322 e. The molecule has 156 valence electrons. The SMILES string of the molecule is Cc1c(-c2ccc3c(c2)CN([C@@H]2CCC(=O)NC2=O)C3=O)nn(C)c1-c1ccccc1. The molecule has 5 rings (SSSR count). The van der Waals surface area contributed by atoms with E-state index in [1.165, 1.54) is 0 Å². The molecule has 1 saturated heterocycles. The van der Waals surface area contributed by atoms with Crippen molar-refractivity contribution in [2.24, 2.45) is 7.05 Å². The number of imide groups is 1. The first-order valence-corrected chi connectivity index (χ1v) is 10.3. The first-order chi connectivity index (χ1) is 14.9. The summed E-state index contributed by atoms with van der Waals surface area (Å²) in [6.07, 6.45) is 0.605. The molecule has 1 fully saturated rings. The van der Waals surface area contributed by atoms with Crippen molar-refractivity contribution < 1.29 is 14.4 Å². The lowest BCUT2D eigenvalue weighted by Gasteiger charge is -2.29. The van der Waals surface area contributed by atoms with E-state index in [0.29, 0.717) is 18.5 Å². The first kappa shape index (κ1) is 19.2. The van der Waals surface area contributed by atoms with Gasteiger partial charge in [-0.15, -0.1) is 0 Å². The van der Waals surface area contributed by atoms with Gasteiger partial charge in [0.1, 0.15) is 6.04 Å². The highest BCUT2D eigenvalue weighted by molar-refractivity contribution is 6.05. The number of carbonyl (C=O) groups is 3. The van der Waals surface area contributed by atoms with Crippen LogP contribution >= 0.6 is 0 Å². The number of piperidine rings is 1. The number of aryl methyl sites for hydroxylation is 1. The molecule has 3 amide bonds. The molecule has 2 aliphatic rings. The summed E-state index contributed by atoms with van der Waals surface area (Å²) in [5.74, 6) is -0.850. The van der Waals surface area contributed by atoms with Gasteiger partial charge in [-0.05, 0) is 31.0 Å². The van der Waals surface area contributed by atoms with Crippen LogP contribution in [-0.4, -0.2) is 38.4 Å². The Morgan fingerprint density at radius 2 is 1.81 bits per heavy atom. The van der Waals surface area contributed by atoms with Crippen LogP contribution in [0.25, 0.3) is 22.5 Å². The third-order valence-electron chi connectivity index (χ3n) is 6.13. The Bertz CT molecular complexity index is 1230. The standard InChI is InChI=1S/C24H22N4O3/c1-14-21(26-27(2)22(14)15-6-4-3-5-7-15)16-8-9-18-17(12-16)13-28(24(18)31)19-10-11-20(29)25-23(19)30/h3-9,12,19H,10-11,13H2,1-2H3,(H,25,29,30)/t19-/m1/s1. The van der Waals surface area contributed by atoms with E-state index in [1.54, 1.807) is 4.90 Å². The quantitative estimate of drug-likeness (QED) is 0.668. The zero-order valence-electron chi connectivity index (χ0n) is 17.4. The van der Waals surface area contributed by atoms with Crippen LogP contribution in [0.3, 0.4) is 0 Å². The third-order valence-corrected chi connectivity index (χ3v) is 6.13. The number of nitrogens with one attached hydrogen (secondary N) is 1. The Kier molecular flexibility index (Phi) is 4.46. The summed E-state index contributed by atoms with van der Waals surface area (Å²) in [7, 11) is 1.93. The number of amides is 3. The van der Waals surface area contributed by atoms with Crippen molar-refractivity contribution >= 4 is 17.7 Å². The van der Waals surface area contributed by atoms with Gasteiger partial charge in [0.05, 0.1) is 11.4 Å². The highest BCUT2D eigenvalue weighted by atomic mass is 16.2. The lowest BCUT2D eigenvalue weighted by Crippen LogP contribution is -2.52. The van der Waals surface area contributed by atoms with Crippen molar-refractivity contribution in [3.8, 4) is 22.5 Å². The average Bonchev–Trinajstić information content (AvgIpc) is 3.24. The number of hydrogen-bond donors (Lipinski definition) is 1. The van der Waals surface area contributed by atoms with E-state index in [-0.39, 0.29) is 18.2 Å². The lowest BCUT2D eigenvalue weighted by atomic mass is 10.00. The summed E-state index contributed by atoms with van der Waals surface area (Å²) in [4.78, 5) is 38.2. The van der Waals surface area contributed by atoms with E-state index < -0.39 is 11.9 Å². The first-order valence-electron chi connectivity index (χ1n) is 10.3. The fourth-order valence-electron chi connectivity index (χ4n) is 4.63. The van der Waals surface area contributed by atoms with Gasteiger partial charge in [-0.3, -0.25) is 24.4 Å². The summed E-state index contributed by atoms with van der Waals surface area (Å²) in [5.41, 5.74) is 6.51. The van der Waals surface area contributed by atoms with Crippen LogP contribution in [0.4, 0.5) is 0 Å². The molecule has 0 unspecified atom stereocenters. The summed E-state index contributed by atoms with van der Waals surface area (Å²) < 4.78 is 1.88. The average molecular weight is 414 g/mol. The minimum absolute atomic E-state index is 0.168. The second-order valence-electron chi connectivity index (χ2n) is 8.08. The fraction of sp³-hybridized carbons (Fsp3) is 0.250. The molecule has 3 heterocycles. The summed E-state index contributed by atoms with van der Waals surface area (Å²) in [6.45, 7) is 2.41. The highest BCUT2D eigenvalue weighted by Crippen LogP contribution is 2.34. The third kappa shape index (κ3) is 3.13. The predicted molar refractivity (Wildman–Crippen MR) is 115 cm³/mol. The molecule has 1 N–H and O–H groups in total. The minimum Gasteiger partial charge on any atom is -0.322 e. The number of carbonyl (C=O) groups excluding carboxylic acids is 3. The van der Waals surface area contributed by atoms with Crippen LogP contribution < -0.4 is 5.32 Å². The van der Waals surface area contributed by atoms with E-state index in [4.69, 9.17) is 5.10 Å². The predicted octanol–water partition coefficient (Wildman–Crippen LogP) is 2.82. The second-order valence-corrected chi connectivity index (χ2v) is 8.08. The number of benzene rings is 2. The Labute approximate surface area is 179 Å². The summed E-state index contributed by atoms with van der Waals surface area (Å²) in [6, 6.07) is 15.2. The van der Waals surface area contributed by atoms with E-state index in [9.17, 15) is 14.4 Å². The lowest BCUT2D eigenvalue weighted by molar-refractivity contribution is -0.136. The van der Waals surface area contributed by atoms with Gasteiger partial charge in [0.25, 0.3) is 5.91 Å². The topological polar surface area (TPSA) is 84.3 Å². The van der Waals surface area contributed by atoms with E-state index in [2.05, 4.69) is 24.4 Å². The second kappa shape index (κ2) is 7.19. The molecule has 1 atom stereocenters. The summed E-state index contributed by atoms with van der Waals surface area (Å²) in [5, 5.41) is 7.09. The Balaban J connectivity index is 1.48. The summed E-state index contributed by atoms with van der Waals surface area (Å²) >= 11 is 0. The van der Waals surface area contributed by atoms with Gasteiger partial charge in [0, 0.05) is 42.3 Å². The molecule has 7 heteroatoms. The molecule has 1 aromatic heterocycles. The van der Waals surface area contributed by atoms with Gasteiger partial charge in [0.15, 0.2) is 0 Å². The van der Waals surface area contributed by atoms with Crippen molar-refractivity contribution in [2.45, 2.75) is 32.4 Å². The van der Waals surface area contributed by atoms with Crippen LogP contribution in [0, 0.1) is 6.92 Å². The highest BCUT2D eigenvalue weighted by Gasteiger charge is 2.39. The van der Waals surface area contributed by atoms with Gasteiger partial charge in [-0.2, -0.15) is 5.10 Å². The van der Waals surface area contributed by atoms with E-state index in [0.717, 1.165) is 33.6 Å². The van der Waals surface area contributed by atoms with Crippen molar-refractivity contribution in [1.29, 1.82) is 0 Å². The van der Waals surface area contributed by atoms with Gasteiger partial charge in [-0.25, -0.2) is 0 Å². The van der Waals surface area contributed by atoms with Crippen molar-refractivity contribution in [2.75, 3.05) is 0 Å². The van der Waals surface area contributed by atoms with E-state index in [1.807, 2.05) is 48.1 Å². The van der Waals surface area contributed by atoms with Crippen LogP contribution in [-0.2, 0) is 23.2 Å². The normalized spacial score (nSPS) is 18.3. The monoisotopic (exact) mass is 414 g/mol. The van der Waals surface area contributed by atoms with Gasteiger partial charge in [-0.1, -0.05) is 36.4 Å². The maximum Gasteiger partial charge on any atom is 0.255 e. The smallest absolute Gasteiger partial charge is 0.255 e. The Morgan fingerprint density at radius 3 is 2.55 bits per heavy atom. The molecule has 2 aliphatic heterocycles. The molecule has 2 aromatic carbocycles. The van der Waals surface area contributed by atoms with Crippen LogP contribution in [0.2, 0.25) is 0 Å². The fourth-order valence-corrected chi connectivity index (χ4v) is 4.63. The molecule has 0 radical (unpaired) electrons. The van der Waals surface area contributed by atoms with Gasteiger partial charge < -0.3 is 4.90 Å². The van der Waals surface area contributed by atoms with E-state index >= 15 is 0 Å². The van der Waals surface area contributed by atoms with Crippen molar-refractivity contribution in [3.63, 3.8) is 0 Å². The molecule has 7 nitrogen and oxygen atoms in total. The minimum atomic E-state index is -0.609. The van der Waals surface area contributed by atoms with Crippen LogP contribution in [0.5, 0.6) is 0 Å². The number of rotatable bonds is 3. The zero-order valence-corrected chi connectivity index (χ0v) is 17.4. The number of nitrogens with zero attached hydrogens (tertiary/aromatic N) is 3. The molecule has 0 spiro atoms. The Hall–Kier alpha value is -3.74.